The fraction of sp³-hybridized carbons (Fsp3) is 0.182. The van der Waals surface area contributed by atoms with Crippen molar-refractivity contribution in [3.63, 3.8) is 0 Å². The molecule has 1 heterocycles. The van der Waals surface area contributed by atoms with Crippen molar-refractivity contribution in [2.75, 3.05) is 12.8 Å². The molecule has 0 unspecified atom stereocenters. The van der Waals surface area contributed by atoms with Crippen LogP contribution in [0.4, 0.5) is 11.4 Å². The van der Waals surface area contributed by atoms with Crippen molar-refractivity contribution in [1.82, 2.24) is 9.29 Å². The zero-order valence-electron chi connectivity index (χ0n) is 11.0. The molecular weight excluding hydrogens is 316 g/mol. The van der Waals surface area contributed by atoms with Crippen LogP contribution in [0.15, 0.2) is 34.0 Å². The molecule has 0 aliphatic heterocycles. The molecule has 10 heteroatoms. The number of benzene rings is 1. The van der Waals surface area contributed by atoms with E-state index in [0.29, 0.717) is 5.69 Å². The molecule has 8 nitrogen and oxygen atoms in total. The van der Waals surface area contributed by atoms with Gasteiger partial charge in [0.1, 0.15) is 0 Å². The van der Waals surface area contributed by atoms with Crippen LogP contribution < -0.4 is 5.73 Å². The normalized spacial score (nSPS) is 11.7. The second-order valence-electron chi connectivity index (χ2n) is 4.23. The minimum Gasteiger partial charge on any atom is -0.399 e. The average molecular weight is 328 g/mol. The van der Waals surface area contributed by atoms with E-state index in [1.165, 1.54) is 24.5 Å². The van der Waals surface area contributed by atoms with Crippen LogP contribution in [0.5, 0.6) is 0 Å². The van der Waals surface area contributed by atoms with Crippen molar-refractivity contribution in [3.8, 4) is 0 Å². The summed E-state index contributed by atoms with van der Waals surface area (Å²) in [6.07, 6.45) is 0. The number of thiazole rings is 1. The zero-order chi connectivity index (χ0) is 15.6. The summed E-state index contributed by atoms with van der Waals surface area (Å²) in [5.74, 6) is 0. The van der Waals surface area contributed by atoms with Crippen LogP contribution >= 0.6 is 11.3 Å². The van der Waals surface area contributed by atoms with E-state index in [4.69, 9.17) is 5.73 Å². The maximum absolute atomic E-state index is 12.5. The minimum absolute atomic E-state index is 0.0351. The topological polar surface area (TPSA) is 119 Å². The Balaban J connectivity index is 2.41. The first-order valence-corrected chi connectivity index (χ1v) is 8.08. The molecule has 0 bridgehead atoms. The maximum Gasteiger partial charge on any atom is 0.291 e. The van der Waals surface area contributed by atoms with Crippen LogP contribution in [0, 0.1) is 10.1 Å². The first-order valence-electron chi connectivity index (χ1n) is 5.69. The number of rotatable bonds is 5. The molecule has 2 N–H and O–H groups in total. The van der Waals surface area contributed by atoms with Gasteiger partial charge in [0.05, 0.1) is 22.7 Å². The van der Waals surface area contributed by atoms with Crippen molar-refractivity contribution >= 4 is 32.7 Å². The summed E-state index contributed by atoms with van der Waals surface area (Å²) in [7, 11) is -2.66. The maximum atomic E-state index is 12.5. The molecule has 0 aliphatic rings. The number of hydrogen-bond acceptors (Lipinski definition) is 7. The molecule has 0 saturated carbocycles. The molecule has 0 aliphatic carbocycles. The second-order valence-corrected chi connectivity index (χ2v) is 6.96. The molecule has 0 spiro atoms. The smallest absolute Gasteiger partial charge is 0.291 e. The number of nitro groups is 1. The van der Waals surface area contributed by atoms with Crippen molar-refractivity contribution in [1.29, 1.82) is 0 Å². The standard InChI is InChI=1S/C11H12N4O4S2/c1-14(5-9-6-20-7-13-9)21(18,19)11-3-2-8(12)4-10(11)15(16)17/h2-4,6-7H,5,12H2,1H3. The number of sulfonamides is 1. The third-order valence-corrected chi connectivity index (χ3v) is 5.22. The highest BCUT2D eigenvalue weighted by molar-refractivity contribution is 7.89. The largest absolute Gasteiger partial charge is 0.399 e. The highest BCUT2D eigenvalue weighted by atomic mass is 32.2. The minimum atomic E-state index is -4.01. The van der Waals surface area contributed by atoms with Gasteiger partial charge in [0.15, 0.2) is 4.90 Å². The Hall–Kier alpha value is -2.04. The van der Waals surface area contributed by atoms with Crippen molar-refractivity contribution in [3.05, 3.63) is 44.9 Å². The molecule has 21 heavy (non-hydrogen) atoms. The van der Waals surface area contributed by atoms with Crippen LogP contribution in [0.25, 0.3) is 0 Å². The van der Waals surface area contributed by atoms with E-state index in [1.807, 2.05) is 0 Å². The molecule has 2 aromatic rings. The molecule has 0 radical (unpaired) electrons. The Bertz CT molecular complexity index is 759. The Morgan fingerprint density at radius 2 is 2.19 bits per heavy atom. The highest BCUT2D eigenvalue weighted by Crippen LogP contribution is 2.28. The van der Waals surface area contributed by atoms with Gasteiger partial charge in [-0.3, -0.25) is 10.1 Å². The molecule has 112 valence electrons. The molecule has 0 saturated heterocycles. The summed E-state index contributed by atoms with van der Waals surface area (Å²) in [6.45, 7) is 0.0351. The van der Waals surface area contributed by atoms with Gasteiger partial charge in [-0.05, 0) is 12.1 Å². The van der Waals surface area contributed by atoms with Gasteiger partial charge in [-0.25, -0.2) is 13.4 Å². The molecule has 1 aromatic heterocycles. The number of nitrogens with zero attached hydrogens (tertiary/aromatic N) is 3. The van der Waals surface area contributed by atoms with Gasteiger partial charge in [0.2, 0.25) is 10.0 Å². The molecular formula is C11H12N4O4S2. The lowest BCUT2D eigenvalue weighted by Crippen LogP contribution is -2.27. The summed E-state index contributed by atoms with van der Waals surface area (Å²) in [4.78, 5) is 13.9. The van der Waals surface area contributed by atoms with Crippen LogP contribution in [0.2, 0.25) is 0 Å². The van der Waals surface area contributed by atoms with Gasteiger partial charge in [0, 0.05) is 24.2 Å². The van der Waals surface area contributed by atoms with E-state index in [-0.39, 0.29) is 17.1 Å². The summed E-state index contributed by atoms with van der Waals surface area (Å²) in [6, 6.07) is 3.49. The van der Waals surface area contributed by atoms with Gasteiger partial charge < -0.3 is 5.73 Å². The lowest BCUT2D eigenvalue weighted by Gasteiger charge is -2.16. The van der Waals surface area contributed by atoms with E-state index in [2.05, 4.69) is 4.98 Å². The zero-order valence-corrected chi connectivity index (χ0v) is 12.6. The molecule has 0 amide bonds. The highest BCUT2D eigenvalue weighted by Gasteiger charge is 2.30. The summed E-state index contributed by atoms with van der Waals surface area (Å²) >= 11 is 1.34. The quantitative estimate of drug-likeness (QED) is 0.504. The average Bonchev–Trinajstić information content (AvgIpc) is 2.91. The number of nitrogens with two attached hydrogens (primary N) is 1. The van der Waals surface area contributed by atoms with Gasteiger partial charge in [-0.1, -0.05) is 0 Å². The third-order valence-electron chi connectivity index (χ3n) is 2.74. The first-order chi connectivity index (χ1) is 9.82. The second kappa shape index (κ2) is 5.76. The van der Waals surface area contributed by atoms with E-state index < -0.39 is 20.6 Å². The fourth-order valence-corrected chi connectivity index (χ4v) is 3.52. The van der Waals surface area contributed by atoms with E-state index in [1.54, 1.807) is 10.9 Å². The van der Waals surface area contributed by atoms with E-state index >= 15 is 0 Å². The van der Waals surface area contributed by atoms with Gasteiger partial charge in [-0.2, -0.15) is 4.31 Å². The lowest BCUT2D eigenvalue weighted by molar-refractivity contribution is -0.387. The molecule has 0 atom stereocenters. The number of nitrogen functional groups attached to an aromatic ring is 1. The molecule has 1 aromatic carbocycles. The van der Waals surface area contributed by atoms with Gasteiger partial charge >= 0.3 is 0 Å². The van der Waals surface area contributed by atoms with Crippen LogP contribution in [0.1, 0.15) is 5.69 Å². The summed E-state index contributed by atoms with van der Waals surface area (Å²) < 4.78 is 25.9. The van der Waals surface area contributed by atoms with E-state index in [9.17, 15) is 18.5 Å². The van der Waals surface area contributed by atoms with Crippen molar-refractivity contribution < 1.29 is 13.3 Å². The van der Waals surface area contributed by atoms with Crippen LogP contribution in [-0.4, -0.2) is 29.7 Å². The predicted molar refractivity (Wildman–Crippen MR) is 78.3 cm³/mol. The van der Waals surface area contributed by atoms with E-state index in [0.717, 1.165) is 16.4 Å². The lowest BCUT2D eigenvalue weighted by atomic mass is 10.3. The Labute approximate surface area is 125 Å². The van der Waals surface area contributed by atoms with Crippen molar-refractivity contribution in [2.45, 2.75) is 11.4 Å². The Morgan fingerprint density at radius 3 is 2.76 bits per heavy atom. The predicted octanol–water partition coefficient (Wildman–Crippen LogP) is 1.45. The third kappa shape index (κ3) is 3.17. The van der Waals surface area contributed by atoms with Crippen LogP contribution in [0.3, 0.4) is 0 Å². The van der Waals surface area contributed by atoms with Crippen molar-refractivity contribution in [2.24, 2.45) is 0 Å². The summed E-state index contributed by atoms with van der Waals surface area (Å²) in [5.41, 5.74) is 7.22. The fourth-order valence-electron chi connectivity index (χ4n) is 1.69. The molecule has 2 rings (SSSR count). The monoisotopic (exact) mass is 328 g/mol. The van der Waals surface area contributed by atoms with Crippen LogP contribution in [-0.2, 0) is 16.6 Å². The SMILES string of the molecule is CN(Cc1cscn1)S(=O)(=O)c1ccc(N)cc1[N+](=O)[O-]. The van der Waals surface area contributed by atoms with Gasteiger partial charge in [0.25, 0.3) is 5.69 Å². The number of aromatic nitrogens is 1. The number of nitro benzene ring substituents is 1. The Morgan fingerprint density at radius 1 is 1.48 bits per heavy atom. The molecule has 0 fully saturated rings. The van der Waals surface area contributed by atoms with Gasteiger partial charge in [-0.15, -0.1) is 11.3 Å². The summed E-state index contributed by atoms with van der Waals surface area (Å²) in [5, 5.41) is 12.7. The number of anilines is 1. The Kier molecular flexibility index (Phi) is 4.21. The number of hydrogen-bond donors (Lipinski definition) is 1. The first kappa shape index (κ1) is 15.4.